The van der Waals surface area contributed by atoms with Gasteiger partial charge >= 0.3 is 0 Å². The molecule has 1 amide bonds. The SMILES string of the molecule is Cc1nc(C)c(CCC(=O)N2CCC(CO)CC2)c(=O)[nH]1. The molecule has 0 aliphatic carbocycles. The van der Waals surface area contributed by atoms with E-state index in [4.69, 9.17) is 5.11 Å². The summed E-state index contributed by atoms with van der Waals surface area (Å²) in [5.74, 6) is 0.991. The quantitative estimate of drug-likeness (QED) is 0.849. The number of amides is 1. The van der Waals surface area contributed by atoms with Gasteiger partial charge in [-0.25, -0.2) is 4.98 Å². The standard InChI is InChI=1S/C15H23N3O3/c1-10-13(15(21)17-11(2)16-10)3-4-14(20)18-7-5-12(9-19)6-8-18/h12,19H,3-9H2,1-2H3,(H,16,17,21). The van der Waals surface area contributed by atoms with E-state index in [0.717, 1.165) is 12.8 Å². The van der Waals surface area contributed by atoms with E-state index in [9.17, 15) is 9.59 Å². The van der Waals surface area contributed by atoms with Crippen LogP contribution < -0.4 is 5.56 Å². The number of hydrogen-bond donors (Lipinski definition) is 2. The lowest BCUT2D eigenvalue weighted by Gasteiger charge is -2.31. The normalized spacial score (nSPS) is 16.2. The van der Waals surface area contributed by atoms with Crippen molar-refractivity contribution in [3.8, 4) is 0 Å². The molecule has 2 N–H and O–H groups in total. The van der Waals surface area contributed by atoms with Crippen LogP contribution in [0.15, 0.2) is 4.79 Å². The maximum absolute atomic E-state index is 12.2. The molecule has 21 heavy (non-hydrogen) atoms. The predicted octanol–water partition coefficient (Wildman–Crippen LogP) is 0.550. The zero-order valence-electron chi connectivity index (χ0n) is 12.7. The van der Waals surface area contributed by atoms with Crippen molar-refractivity contribution in [1.82, 2.24) is 14.9 Å². The maximum atomic E-state index is 12.2. The van der Waals surface area contributed by atoms with E-state index in [2.05, 4.69) is 9.97 Å². The van der Waals surface area contributed by atoms with Gasteiger partial charge in [-0.15, -0.1) is 0 Å². The summed E-state index contributed by atoms with van der Waals surface area (Å²) in [5, 5.41) is 9.10. The van der Waals surface area contributed by atoms with Gasteiger partial charge < -0.3 is 15.0 Å². The fourth-order valence-corrected chi connectivity index (χ4v) is 2.80. The lowest BCUT2D eigenvalue weighted by Crippen LogP contribution is -2.39. The van der Waals surface area contributed by atoms with Crippen molar-refractivity contribution in [2.45, 2.75) is 39.5 Å². The Balaban J connectivity index is 1.92. The first kappa shape index (κ1) is 15.7. The number of rotatable bonds is 4. The minimum atomic E-state index is -0.146. The molecule has 1 aliphatic rings. The van der Waals surface area contributed by atoms with E-state index in [-0.39, 0.29) is 18.1 Å². The molecule has 2 heterocycles. The van der Waals surface area contributed by atoms with Gasteiger partial charge in [-0.1, -0.05) is 0 Å². The molecule has 1 saturated heterocycles. The molecule has 0 aromatic carbocycles. The number of carbonyl (C=O) groups is 1. The fraction of sp³-hybridized carbons (Fsp3) is 0.667. The highest BCUT2D eigenvalue weighted by Gasteiger charge is 2.22. The Morgan fingerprint density at radius 3 is 2.62 bits per heavy atom. The number of piperidine rings is 1. The van der Waals surface area contributed by atoms with Crippen LogP contribution >= 0.6 is 0 Å². The molecular weight excluding hydrogens is 270 g/mol. The molecule has 0 radical (unpaired) electrons. The van der Waals surface area contributed by atoms with Crippen LogP contribution in [-0.2, 0) is 11.2 Å². The molecule has 2 rings (SSSR count). The van der Waals surface area contributed by atoms with Crippen molar-refractivity contribution in [2.75, 3.05) is 19.7 Å². The van der Waals surface area contributed by atoms with E-state index in [1.165, 1.54) is 0 Å². The van der Waals surface area contributed by atoms with E-state index in [1.807, 2.05) is 4.90 Å². The Morgan fingerprint density at radius 1 is 1.38 bits per heavy atom. The lowest BCUT2D eigenvalue weighted by atomic mass is 9.97. The number of aliphatic hydroxyl groups is 1. The molecule has 0 atom stereocenters. The van der Waals surface area contributed by atoms with Crippen molar-refractivity contribution in [1.29, 1.82) is 0 Å². The average Bonchev–Trinajstić information content (AvgIpc) is 2.46. The van der Waals surface area contributed by atoms with E-state index < -0.39 is 0 Å². The molecule has 0 bridgehead atoms. The van der Waals surface area contributed by atoms with Crippen LogP contribution in [0.2, 0.25) is 0 Å². The number of likely N-dealkylation sites (tertiary alicyclic amines) is 1. The summed E-state index contributed by atoms with van der Waals surface area (Å²) in [6.07, 6.45) is 2.47. The number of hydrogen-bond acceptors (Lipinski definition) is 4. The third-order valence-electron chi connectivity index (χ3n) is 4.15. The third-order valence-corrected chi connectivity index (χ3v) is 4.15. The summed E-state index contributed by atoms with van der Waals surface area (Å²) < 4.78 is 0. The highest BCUT2D eigenvalue weighted by molar-refractivity contribution is 5.76. The summed E-state index contributed by atoms with van der Waals surface area (Å²) in [6.45, 7) is 5.15. The molecule has 6 nitrogen and oxygen atoms in total. The molecule has 0 unspecified atom stereocenters. The van der Waals surface area contributed by atoms with Crippen LogP contribution in [0.3, 0.4) is 0 Å². The molecule has 1 fully saturated rings. The summed E-state index contributed by atoms with van der Waals surface area (Å²) in [6, 6.07) is 0. The first-order valence-corrected chi connectivity index (χ1v) is 7.46. The van der Waals surface area contributed by atoms with Crippen molar-refractivity contribution in [2.24, 2.45) is 5.92 Å². The van der Waals surface area contributed by atoms with Crippen molar-refractivity contribution in [3.05, 3.63) is 27.4 Å². The van der Waals surface area contributed by atoms with Crippen molar-refractivity contribution < 1.29 is 9.90 Å². The number of aryl methyl sites for hydroxylation is 2. The number of nitrogens with zero attached hydrogens (tertiary/aromatic N) is 2. The molecule has 1 aromatic rings. The summed E-state index contributed by atoms with van der Waals surface area (Å²) in [5.41, 5.74) is 1.15. The number of H-pyrrole nitrogens is 1. The Bertz CT molecular complexity index is 560. The fourth-order valence-electron chi connectivity index (χ4n) is 2.80. The largest absolute Gasteiger partial charge is 0.396 e. The number of carbonyl (C=O) groups excluding carboxylic acids is 1. The minimum absolute atomic E-state index is 0.0748. The van der Waals surface area contributed by atoms with Gasteiger partial charge in [0.1, 0.15) is 5.82 Å². The Kier molecular flexibility index (Phi) is 5.12. The predicted molar refractivity (Wildman–Crippen MR) is 79.0 cm³/mol. The lowest BCUT2D eigenvalue weighted by molar-refractivity contribution is -0.132. The van der Waals surface area contributed by atoms with Crippen LogP contribution in [-0.4, -0.2) is 45.6 Å². The topological polar surface area (TPSA) is 86.3 Å². The second-order valence-corrected chi connectivity index (χ2v) is 5.72. The second kappa shape index (κ2) is 6.85. The monoisotopic (exact) mass is 293 g/mol. The van der Waals surface area contributed by atoms with Gasteiger partial charge in [-0.2, -0.15) is 0 Å². The van der Waals surface area contributed by atoms with Gasteiger partial charge in [0, 0.05) is 37.4 Å². The molecular formula is C15H23N3O3. The molecule has 6 heteroatoms. The average molecular weight is 293 g/mol. The first-order valence-electron chi connectivity index (χ1n) is 7.46. The van der Waals surface area contributed by atoms with E-state index in [0.29, 0.717) is 48.9 Å². The minimum Gasteiger partial charge on any atom is -0.396 e. The smallest absolute Gasteiger partial charge is 0.254 e. The van der Waals surface area contributed by atoms with Gasteiger partial charge in [0.05, 0.1) is 0 Å². The van der Waals surface area contributed by atoms with Crippen LogP contribution in [0.1, 0.15) is 36.3 Å². The van der Waals surface area contributed by atoms with Crippen LogP contribution in [0, 0.1) is 19.8 Å². The third kappa shape index (κ3) is 3.91. The van der Waals surface area contributed by atoms with Gasteiger partial charge in [0.2, 0.25) is 5.91 Å². The zero-order valence-corrected chi connectivity index (χ0v) is 12.7. The molecule has 0 saturated carbocycles. The number of nitrogens with one attached hydrogen (secondary N) is 1. The molecule has 1 aliphatic heterocycles. The molecule has 0 spiro atoms. The Hall–Kier alpha value is -1.69. The first-order chi connectivity index (χ1) is 10.0. The summed E-state index contributed by atoms with van der Waals surface area (Å²) in [7, 11) is 0. The number of aliphatic hydroxyl groups excluding tert-OH is 1. The van der Waals surface area contributed by atoms with Crippen molar-refractivity contribution in [3.63, 3.8) is 0 Å². The van der Waals surface area contributed by atoms with Gasteiger partial charge in [-0.3, -0.25) is 9.59 Å². The Morgan fingerprint density at radius 2 is 2.05 bits per heavy atom. The maximum Gasteiger partial charge on any atom is 0.254 e. The Labute approximate surface area is 124 Å². The number of aromatic nitrogens is 2. The van der Waals surface area contributed by atoms with Crippen LogP contribution in [0.5, 0.6) is 0 Å². The number of aromatic amines is 1. The van der Waals surface area contributed by atoms with Gasteiger partial charge in [0.15, 0.2) is 0 Å². The van der Waals surface area contributed by atoms with Gasteiger partial charge in [-0.05, 0) is 39.0 Å². The molecule has 1 aromatic heterocycles. The summed E-state index contributed by atoms with van der Waals surface area (Å²) >= 11 is 0. The highest BCUT2D eigenvalue weighted by Crippen LogP contribution is 2.17. The van der Waals surface area contributed by atoms with E-state index in [1.54, 1.807) is 13.8 Å². The summed E-state index contributed by atoms with van der Waals surface area (Å²) in [4.78, 5) is 32.8. The second-order valence-electron chi connectivity index (χ2n) is 5.72. The van der Waals surface area contributed by atoms with Crippen molar-refractivity contribution >= 4 is 5.91 Å². The van der Waals surface area contributed by atoms with Gasteiger partial charge in [0.25, 0.3) is 5.56 Å². The van der Waals surface area contributed by atoms with Crippen LogP contribution in [0.4, 0.5) is 0 Å². The highest BCUT2D eigenvalue weighted by atomic mass is 16.3. The zero-order chi connectivity index (χ0) is 15.4. The molecule has 116 valence electrons. The van der Waals surface area contributed by atoms with Crippen LogP contribution in [0.25, 0.3) is 0 Å². The van der Waals surface area contributed by atoms with E-state index >= 15 is 0 Å².